The second-order valence-corrected chi connectivity index (χ2v) is 12.6. The molecule has 2 N–H and O–H groups in total. The van der Waals surface area contributed by atoms with E-state index in [-0.39, 0.29) is 35.2 Å². The van der Waals surface area contributed by atoms with Gasteiger partial charge in [0, 0.05) is 23.5 Å². The Balaban J connectivity index is 0.000000232. The Labute approximate surface area is 309 Å². The molecule has 0 amide bonds. The molecule has 1 aliphatic rings. The summed E-state index contributed by atoms with van der Waals surface area (Å²) in [5.74, 6) is -5.29. The molecule has 1 saturated carbocycles. The lowest BCUT2D eigenvalue weighted by molar-refractivity contribution is -0.120. The molecule has 0 saturated heterocycles. The standard InChI is InChI=1S/C30H22F2O4.C15H11FO2/c31-24-15-20(30(34)35)11-13-22(24)28-26(18-7-3-1-4-8-18)27(19-9-5-2-6-10-19)29(28)23-14-12-21(36-17-33)16-25(23)32;16-14-10-13(15(17)18)9-8-12(14)7-6-11-4-2-1-3-5-11/h1-17,26-29H,(H,34,35);1-10H,(H,17,18)/b;7-6+/t26-,27+,28+,29-;/m1./s1. The van der Waals surface area contributed by atoms with Gasteiger partial charge in [0.25, 0.3) is 6.47 Å². The summed E-state index contributed by atoms with van der Waals surface area (Å²) in [4.78, 5) is 32.8. The predicted molar refractivity (Wildman–Crippen MR) is 199 cm³/mol. The van der Waals surface area contributed by atoms with Crippen molar-refractivity contribution in [1.29, 1.82) is 0 Å². The van der Waals surface area contributed by atoms with Crippen LogP contribution < -0.4 is 4.74 Å². The summed E-state index contributed by atoms with van der Waals surface area (Å²) >= 11 is 0. The largest absolute Gasteiger partial charge is 0.478 e. The van der Waals surface area contributed by atoms with Gasteiger partial charge in [0.15, 0.2) is 0 Å². The second-order valence-electron chi connectivity index (χ2n) is 12.6. The van der Waals surface area contributed by atoms with Crippen LogP contribution in [-0.4, -0.2) is 28.6 Å². The van der Waals surface area contributed by atoms with Gasteiger partial charge >= 0.3 is 11.9 Å². The molecule has 6 aromatic rings. The average Bonchev–Trinajstić information content (AvgIpc) is 3.17. The quantitative estimate of drug-likeness (QED) is 0.108. The van der Waals surface area contributed by atoms with E-state index in [1.807, 2.05) is 91.0 Å². The SMILES string of the molecule is O=C(O)c1ccc(/C=C/c2ccccc2)c(F)c1.O=COc1ccc([C@@H]2[C@@H](c3ccccc3)[C@@H](c3ccccc3)[C@@H]2c2ccc(C(=O)O)cc2F)c(F)c1. The number of ether oxygens (including phenoxy) is 1. The van der Waals surface area contributed by atoms with Crippen molar-refractivity contribution in [3.8, 4) is 5.75 Å². The predicted octanol–water partition coefficient (Wildman–Crippen LogP) is 10.3. The van der Waals surface area contributed by atoms with Gasteiger partial charge in [0.2, 0.25) is 0 Å². The topological polar surface area (TPSA) is 101 Å². The van der Waals surface area contributed by atoms with Gasteiger partial charge in [-0.3, -0.25) is 4.79 Å². The van der Waals surface area contributed by atoms with Gasteiger partial charge < -0.3 is 14.9 Å². The van der Waals surface area contributed by atoms with Gasteiger partial charge in [-0.15, -0.1) is 0 Å². The maximum atomic E-state index is 15.5. The van der Waals surface area contributed by atoms with Crippen molar-refractivity contribution in [1.82, 2.24) is 0 Å². The minimum Gasteiger partial charge on any atom is -0.478 e. The van der Waals surface area contributed by atoms with Crippen LogP contribution in [0.4, 0.5) is 13.2 Å². The Morgan fingerprint density at radius 1 is 0.519 bits per heavy atom. The summed E-state index contributed by atoms with van der Waals surface area (Å²) in [6.45, 7) is 0.234. The Kier molecular flexibility index (Phi) is 11.5. The van der Waals surface area contributed by atoms with Gasteiger partial charge in [-0.1, -0.05) is 121 Å². The first-order valence-corrected chi connectivity index (χ1v) is 16.9. The number of benzene rings is 6. The van der Waals surface area contributed by atoms with E-state index in [0.717, 1.165) is 34.9 Å². The normalized spacial score (nSPS) is 17.5. The molecule has 0 aromatic heterocycles. The zero-order valence-corrected chi connectivity index (χ0v) is 28.6. The number of hydrogen-bond donors (Lipinski definition) is 2. The number of carboxylic acid groups (broad SMARTS) is 2. The third kappa shape index (κ3) is 8.16. The lowest BCUT2D eigenvalue weighted by Crippen LogP contribution is -2.41. The van der Waals surface area contributed by atoms with Crippen molar-refractivity contribution in [2.45, 2.75) is 23.7 Å². The first kappa shape index (κ1) is 37.0. The molecule has 1 fully saturated rings. The molecule has 9 heteroatoms. The fraction of sp³-hybridized carbons (Fsp3) is 0.0889. The van der Waals surface area contributed by atoms with Gasteiger partial charge in [-0.2, -0.15) is 0 Å². The highest BCUT2D eigenvalue weighted by atomic mass is 19.1. The minimum atomic E-state index is -1.22. The van der Waals surface area contributed by atoms with E-state index < -0.39 is 41.2 Å². The van der Waals surface area contributed by atoms with Gasteiger partial charge in [-0.05, 0) is 70.0 Å². The van der Waals surface area contributed by atoms with E-state index in [4.69, 9.17) is 9.84 Å². The lowest BCUT2D eigenvalue weighted by atomic mass is 9.49. The molecular weight excluding hydrogens is 693 g/mol. The Morgan fingerprint density at radius 3 is 1.44 bits per heavy atom. The third-order valence-corrected chi connectivity index (χ3v) is 9.54. The van der Waals surface area contributed by atoms with Crippen LogP contribution in [0, 0.1) is 17.5 Å². The number of carboxylic acids is 2. The Hall–Kier alpha value is -6.74. The number of halogens is 3. The Morgan fingerprint density at radius 2 is 0.981 bits per heavy atom. The minimum absolute atomic E-state index is 0.0515. The molecule has 0 aliphatic heterocycles. The van der Waals surface area contributed by atoms with Crippen LogP contribution in [0.3, 0.4) is 0 Å². The zero-order valence-electron chi connectivity index (χ0n) is 28.6. The fourth-order valence-electron chi connectivity index (χ4n) is 7.08. The smallest absolute Gasteiger partial charge is 0.335 e. The molecule has 0 radical (unpaired) electrons. The number of carbonyl (C=O) groups excluding carboxylic acids is 1. The molecule has 0 spiro atoms. The van der Waals surface area contributed by atoms with Crippen LogP contribution in [0.5, 0.6) is 5.75 Å². The second kappa shape index (κ2) is 16.7. The van der Waals surface area contributed by atoms with Gasteiger partial charge in [0.05, 0.1) is 11.1 Å². The van der Waals surface area contributed by atoms with E-state index in [2.05, 4.69) is 0 Å². The van der Waals surface area contributed by atoms with Crippen molar-refractivity contribution in [3.05, 3.63) is 208 Å². The third-order valence-electron chi connectivity index (χ3n) is 9.54. The average molecular weight is 727 g/mol. The molecule has 0 heterocycles. The molecule has 6 aromatic carbocycles. The van der Waals surface area contributed by atoms with E-state index in [0.29, 0.717) is 16.7 Å². The molecular formula is C45H33F3O6. The van der Waals surface area contributed by atoms with Crippen LogP contribution in [-0.2, 0) is 4.79 Å². The number of hydrogen-bond acceptors (Lipinski definition) is 4. The highest BCUT2D eigenvalue weighted by Gasteiger charge is 2.54. The zero-order chi connectivity index (χ0) is 38.2. The number of carbonyl (C=O) groups is 3. The molecule has 6 nitrogen and oxygen atoms in total. The summed E-state index contributed by atoms with van der Waals surface area (Å²) in [7, 11) is 0. The summed E-state index contributed by atoms with van der Waals surface area (Å²) in [6.07, 6.45) is 3.40. The van der Waals surface area contributed by atoms with E-state index in [1.165, 1.54) is 30.3 Å². The van der Waals surface area contributed by atoms with E-state index in [1.54, 1.807) is 18.2 Å². The molecule has 4 atom stereocenters. The van der Waals surface area contributed by atoms with Gasteiger partial charge in [0.1, 0.15) is 23.2 Å². The highest BCUT2D eigenvalue weighted by molar-refractivity contribution is 5.88. The molecule has 0 unspecified atom stereocenters. The first-order valence-electron chi connectivity index (χ1n) is 16.9. The van der Waals surface area contributed by atoms with Crippen LogP contribution in [0.2, 0.25) is 0 Å². The van der Waals surface area contributed by atoms with Crippen molar-refractivity contribution in [2.24, 2.45) is 0 Å². The molecule has 0 bridgehead atoms. The van der Waals surface area contributed by atoms with Crippen LogP contribution in [0.1, 0.15) is 77.8 Å². The van der Waals surface area contributed by atoms with Crippen molar-refractivity contribution < 1.29 is 42.5 Å². The molecule has 54 heavy (non-hydrogen) atoms. The van der Waals surface area contributed by atoms with E-state index >= 15 is 8.78 Å². The first-order chi connectivity index (χ1) is 26.2. The van der Waals surface area contributed by atoms with Crippen LogP contribution in [0.15, 0.2) is 146 Å². The highest BCUT2D eigenvalue weighted by Crippen LogP contribution is 2.67. The summed E-state index contributed by atoms with van der Waals surface area (Å²) in [6, 6.07) is 40.9. The number of aromatic carboxylic acids is 2. The monoisotopic (exact) mass is 726 g/mol. The van der Waals surface area contributed by atoms with Crippen molar-refractivity contribution in [3.63, 3.8) is 0 Å². The summed E-state index contributed by atoms with van der Waals surface area (Å²) < 4.78 is 49.3. The maximum absolute atomic E-state index is 15.5. The summed E-state index contributed by atoms with van der Waals surface area (Å²) in [5, 5.41) is 18.0. The van der Waals surface area contributed by atoms with Crippen LogP contribution >= 0.6 is 0 Å². The Bertz CT molecular complexity index is 2290. The molecule has 1 aliphatic carbocycles. The fourth-order valence-corrected chi connectivity index (χ4v) is 7.08. The number of rotatable bonds is 10. The molecule has 7 rings (SSSR count). The van der Waals surface area contributed by atoms with Crippen molar-refractivity contribution in [2.75, 3.05) is 0 Å². The molecule has 270 valence electrons. The maximum Gasteiger partial charge on any atom is 0.335 e. The van der Waals surface area contributed by atoms with E-state index in [9.17, 15) is 23.9 Å². The lowest BCUT2D eigenvalue weighted by Gasteiger charge is -2.53. The van der Waals surface area contributed by atoms with Crippen molar-refractivity contribution >= 4 is 30.6 Å². The summed E-state index contributed by atoms with van der Waals surface area (Å²) in [5.41, 5.74) is 3.80. The van der Waals surface area contributed by atoms with Gasteiger partial charge in [-0.25, -0.2) is 22.8 Å². The van der Waals surface area contributed by atoms with Crippen LogP contribution in [0.25, 0.3) is 12.2 Å².